The number of benzene rings is 1. The van der Waals surface area contributed by atoms with E-state index in [0.717, 1.165) is 6.07 Å². The van der Waals surface area contributed by atoms with Crippen LogP contribution in [0, 0.1) is 17.0 Å². The summed E-state index contributed by atoms with van der Waals surface area (Å²) in [4.78, 5) is 11.1. The summed E-state index contributed by atoms with van der Waals surface area (Å²) < 4.78 is 36.8. The van der Waals surface area contributed by atoms with Gasteiger partial charge in [0.2, 0.25) is 5.82 Å². The molecule has 0 amide bonds. The number of carbonyl (C=O) groups is 1. The maximum absolute atomic E-state index is 13.5. The normalized spacial score (nSPS) is 11.3. The molecule has 0 aliphatic carbocycles. The van der Waals surface area contributed by atoms with Crippen molar-refractivity contribution in [1.29, 1.82) is 0 Å². The predicted molar refractivity (Wildman–Crippen MR) is 64.6 cm³/mol. The third-order valence-corrected chi connectivity index (χ3v) is 2.83. The van der Waals surface area contributed by atoms with E-state index in [1.807, 2.05) is 0 Å². The monoisotopic (exact) mass is 274 g/mol. The number of halogens is 2. The number of hydrogen-bond acceptors (Lipinski definition) is 3. The van der Waals surface area contributed by atoms with Gasteiger partial charge in [-0.1, -0.05) is 0 Å². The van der Waals surface area contributed by atoms with E-state index in [9.17, 15) is 13.6 Å². The van der Waals surface area contributed by atoms with Gasteiger partial charge in [0.1, 0.15) is 0 Å². The van der Waals surface area contributed by atoms with Crippen LogP contribution in [0.3, 0.4) is 0 Å². The fraction of sp³-hybridized carbons (Fsp3) is 0.462. The van der Waals surface area contributed by atoms with Crippen LogP contribution in [-0.2, 0) is 11.2 Å². The van der Waals surface area contributed by atoms with Gasteiger partial charge < -0.3 is 14.6 Å². The Labute approximate surface area is 109 Å². The van der Waals surface area contributed by atoms with Crippen LogP contribution in [0.25, 0.3) is 0 Å². The number of carboxylic acids is 1. The highest BCUT2D eigenvalue weighted by atomic mass is 19.2. The molecule has 1 rings (SSSR count). The van der Waals surface area contributed by atoms with E-state index >= 15 is 0 Å². The highest BCUT2D eigenvalue weighted by molar-refractivity contribution is 5.74. The molecule has 0 fully saturated rings. The summed E-state index contributed by atoms with van der Waals surface area (Å²) in [7, 11) is 2.47. The molecule has 0 radical (unpaired) electrons. The van der Waals surface area contributed by atoms with Crippen molar-refractivity contribution in [3.8, 4) is 11.5 Å². The molecule has 0 spiro atoms. The Balaban J connectivity index is 3.36. The highest BCUT2D eigenvalue weighted by Crippen LogP contribution is 2.38. The summed E-state index contributed by atoms with van der Waals surface area (Å²) in [6, 6.07) is 0.932. The van der Waals surface area contributed by atoms with Gasteiger partial charge in [0.25, 0.3) is 0 Å². The molecule has 4 nitrogen and oxygen atoms in total. The Morgan fingerprint density at radius 1 is 1.26 bits per heavy atom. The fourth-order valence-electron chi connectivity index (χ4n) is 1.72. The van der Waals surface area contributed by atoms with Gasteiger partial charge in [-0.15, -0.1) is 0 Å². The molecule has 0 aliphatic heterocycles. The van der Waals surface area contributed by atoms with Gasteiger partial charge in [-0.2, -0.15) is 4.39 Å². The minimum Gasteiger partial charge on any atom is -0.492 e. The third-order valence-electron chi connectivity index (χ3n) is 2.83. The Kier molecular flexibility index (Phi) is 4.34. The Morgan fingerprint density at radius 3 is 2.21 bits per heavy atom. The smallest absolute Gasteiger partial charge is 0.309 e. The summed E-state index contributed by atoms with van der Waals surface area (Å²) in [5.74, 6) is -3.65. The van der Waals surface area contributed by atoms with Crippen molar-refractivity contribution in [2.45, 2.75) is 20.3 Å². The summed E-state index contributed by atoms with van der Waals surface area (Å²) >= 11 is 0. The second-order valence-electron chi connectivity index (χ2n) is 4.76. The molecule has 19 heavy (non-hydrogen) atoms. The van der Waals surface area contributed by atoms with E-state index in [2.05, 4.69) is 0 Å². The average molecular weight is 274 g/mol. The molecular formula is C13H16F2O4. The summed E-state index contributed by atoms with van der Waals surface area (Å²) in [5.41, 5.74) is -0.895. The van der Waals surface area contributed by atoms with E-state index < -0.39 is 23.0 Å². The largest absolute Gasteiger partial charge is 0.492 e. The number of aliphatic carboxylic acids is 1. The third kappa shape index (κ3) is 2.94. The fourth-order valence-corrected chi connectivity index (χ4v) is 1.72. The lowest BCUT2D eigenvalue weighted by molar-refractivity contribution is -0.146. The molecule has 106 valence electrons. The van der Waals surface area contributed by atoms with Crippen molar-refractivity contribution in [3.05, 3.63) is 23.3 Å². The first-order valence-electron chi connectivity index (χ1n) is 5.56. The second-order valence-corrected chi connectivity index (χ2v) is 4.76. The van der Waals surface area contributed by atoms with E-state index in [-0.39, 0.29) is 23.5 Å². The first kappa shape index (κ1) is 15.2. The van der Waals surface area contributed by atoms with E-state index in [0.29, 0.717) is 0 Å². The Bertz CT molecular complexity index is 498. The standard InChI is InChI=1S/C13H16F2O4/c1-13(2,12(16)17)6-7-5-8(14)9(15)11(19-4)10(7)18-3/h5H,6H2,1-4H3,(H,16,17). The zero-order valence-electron chi connectivity index (χ0n) is 11.2. The van der Waals surface area contributed by atoms with Crippen LogP contribution in [0.4, 0.5) is 8.78 Å². The molecule has 1 N–H and O–H groups in total. The van der Waals surface area contributed by atoms with Crippen LogP contribution >= 0.6 is 0 Å². The highest BCUT2D eigenvalue weighted by Gasteiger charge is 2.31. The molecule has 1 aromatic rings. The zero-order chi connectivity index (χ0) is 14.8. The lowest BCUT2D eigenvalue weighted by Gasteiger charge is -2.21. The van der Waals surface area contributed by atoms with Crippen LogP contribution in [0.5, 0.6) is 11.5 Å². The lowest BCUT2D eigenvalue weighted by Crippen LogP contribution is -2.26. The quantitative estimate of drug-likeness (QED) is 0.896. The predicted octanol–water partition coefficient (Wildman–Crippen LogP) is 2.64. The van der Waals surface area contributed by atoms with Crippen LogP contribution in [0.1, 0.15) is 19.4 Å². The van der Waals surface area contributed by atoms with Crippen molar-refractivity contribution in [2.24, 2.45) is 5.41 Å². The molecule has 0 unspecified atom stereocenters. The van der Waals surface area contributed by atoms with Crippen molar-refractivity contribution >= 4 is 5.97 Å². The molecule has 0 heterocycles. The van der Waals surface area contributed by atoms with Crippen LogP contribution in [0.2, 0.25) is 0 Å². The zero-order valence-corrected chi connectivity index (χ0v) is 11.2. The molecule has 0 atom stereocenters. The van der Waals surface area contributed by atoms with Gasteiger partial charge in [0, 0.05) is 5.56 Å². The number of methoxy groups -OCH3 is 2. The second kappa shape index (κ2) is 5.42. The molecule has 0 aromatic heterocycles. The first-order valence-corrected chi connectivity index (χ1v) is 5.56. The SMILES string of the molecule is COc1c(CC(C)(C)C(=O)O)cc(F)c(F)c1OC. The van der Waals surface area contributed by atoms with Crippen molar-refractivity contribution in [1.82, 2.24) is 0 Å². The van der Waals surface area contributed by atoms with E-state index in [1.54, 1.807) is 0 Å². The van der Waals surface area contributed by atoms with Gasteiger partial charge in [-0.3, -0.25) is 4.79 Å². The number of ether oxygens (including phenoxy) is 2. The summed E-state index contributed by atoms with van der Waals surface area (Å²) in [6.45, 7) is 2.98. The van der Waals surface area contributed by atoms with Gasteiger partial charge >= 0.3 is 5.97 Å². The lowest BCUT2D eigenvalue weighted by atomic mass is 9.85. The van der Waals surface area contributed by atoms with Crippen molar-refractivity contribution < 1.29 is 28.2 Å². The maximum atomic E-state index is 13.5. The van der Waals surface area contributed by atoms with Gasteiger partial charge in [0.05, 0.1) is 19.6 Å². The Hall–Kier alpha value is -1.85. The molecular weight excluding hydrogens is 258 g/mol. The van der Waals surface area contributed by atoms with Crippen LogP contribution < -0.4 is 9.47 Å². The molecule has 1 aromatic carbocycles. The minimum absolute atomic E-state index is 0.00993. The molecule has 0 aliphatic rings. The van der Waals surface area contributed by atoms with Crippen LogP contribution in [-0.4, -0.2) is 25.3 Å². The van der Waals surface area contributed by atoms with Crippen LogP contribution in [0.15, 0.2) is 6.07 Å². The topological polar surface area (TPSA) is 55.8 Å². The number of hydrogen-bond donors (Lipinski definition) is 1. The average Bonchev–Trinajstić information content (AvgIpc) is 2.32. The van der Waals surface area contributed by atoms with Crippen molar-refractivity contribution in [3.63, 3.8) is 0 Å². The molecule has 0 saturated heterocycles. The Morgan fingerprint density at radius 2 is 1.79 bits per heavy atom. The minimum atomic E-state index is -1.16. The first-order chi connectivity index (χ1) is 8.74. The van der Waals surface area contributed by atoms with E-state index in [4.69, 9.17) is 14.6 Å². The maximum Gasteiger partial charge on any atom is 0.309 e. The summed E-state index contributed by atoms with van der Waals surface area (Å²) in [6.07, 6.45) is -0.0148. The number of rotatable bonds is 5. The molecule has 6 heteroatoms. The summed E-state index contributed by atoms with van der Waals surface area (Å²) in [5, 5.41) is 9.08. The van der Waals surface area contributed by atoms with Gasteiger partial charge in [0.15, 0.2) is 17.3 Å². The van der Waals surface area contributed by atoms with E-state index in [1.165, 1.54) is 28.1 Å². The number of carboxylic acid groups (broad SMARTS) is 1. The van der Waals surface area contributed by atoms with Crippen molar-refractivity contribution in [2.75, 3.05) is 14.2 Å². The van der Waals surface area contributed by atoms with Gasteiger partial charge in [-0.05, 0) is 26.3 Å². The molecule has 0 bridgehead atoms. The van der Waals surface area contributed by atoms with Gasteiger partial charge in [-0.25, -0.2) is 4.39 Å². The molecule has 0 saturated carbocycles.